The van der Waals surface area contributed by atoms with E-state index < -0.39 is 4.92 Å². The van der Waals surface area contributed by atoms with Gasteiger partial charge in [-0.15, -0.1) is 11.8 Å². The predicted molar refractivity (Wildman–Crippen MR) is 83.6 cm³/mol. The van der Waals surface area contributed by atoms with Crippen LogP contribution in [0.1, 0.15) is 5.56 Å². The van der Waals surface area contributed by atoms with E-state index in [1.165, 1.54) is 12.1 Å². The van der Waals surface area contributed by atoms with Crippen LogP contribution in [0.15, 0.2) is 54.9 Å². The van der Waals surface area contributed by atoms with Crippen LogP contribution in [0.2, 0.25) is 0 Å². The zero-order valence-corrected chi connectivity index (χ0v) is 13.4. The molecular weight excluding hydrogens is 328 g/mol. The molecule has 0 radical (unpaired) electrons. The lowest BCUT2D eigenvalue weighted by Gasteiger charge is -2.01. The summed E-state index contributed by atoms with van der Waals surface area (Å²) >= 11 is 6.92. The molecule has 0 aliphatic heterocycles. The minimum Gasteiger partial charge on any atom is -1.00 e. The van der Waals surface area contributed by atoms with Crippen molar-refractivity contribution < 1.29 is 21.9 Å². The first-order chi connectivity index (χ1) is 9.65. The first kappa shape index (κ1) is 17.6. The minimum atomic E-state index is -0.395. The van der Waals surface area contributed by atoms with Crippen LogP contribution in [0, 0.1) is 10.1 Å². The fraction of sp³-hybridized carbons (Fsp3) is 0.143. The molecule has 0 N–H and O–H groups in total. The van der Waals surface area contributed by atoms with Crippen LogP contribution in [-0.2, 0) is 12.3 Å². The Balaban J connectivity index is 0.00000220. The average molecular weight is 341 g/mol. The largest absolute Gasteiger partial charge is 1.00 e. The molecule has 21 heavy (non-hydrogen) atoms. The number of nitro groups is 1. The van der Waals surface area contributed by atoms with Crippen molar-refractivity contribution in [3.63, 3.8) is 0 Å². The summed E-state index contributed by atoms with van der Waals surface area (Å²) in [5, 5.41) is 10.6. The number of thioether (sulfide) groups is 1. The van der Waals surface area contributed by atoms with E-state index in [-0.39, 0.29) is 18.1 Å². The number of hydrogen-bond donors (Lipinski definition) is 0. The van der Waals surface area contributed by atoms with Crippen molar-refractivity contribution in [3.8, 4) is 0 Å². The summed E-state index contributed by atoms with van der Waals surface area (Å²) in [7, 11) is 0. The van der Waals surface area contributed by atoms with E-state index in [2.05, 4.69) is 0 Å². The van der Waals surface area contributed by atoms with Gasteiger partial charge in [-0.1, -0.05) is 30.4 Å². The van der Waals surface area contributed by atoms with Crippen molar-refractivity contribution >= 4 is 33.9 Å². The molecule has 0 fully saturated rings. The molecule has 1 aromatic heterocycles. The highest BCUT2D eigenvalue weighted by atomic mass is 35.5. The molecule has 0 aliphatic carbocycles. The van der Waals surface area contributed by atoms with Gasteiger partial charge in [0.25, 0.3) is 5.69 Å². The third-order valence-corrected chi connectivity index (χ3v) is 4.05. The van der Waals surface area contributed by atoms with Crippen molar-refractivity contribution in [1.29, 1.82) is 0 Å². The van der Waals surface area contributed by atoms with E-state index in [1.807, 2.05) is 35.2 Å². The average Bonchev–Trinajstić information content (AvgIpc) is 2.46. The smallest absolute Gasteiger partial charge is 0.269 e. The Morgan fingerprint density at radius 1 is 1.19 bits per heavy atom. The third-order valence-electron chi connectivity index (χ3n) is 2.64. The fourth-order valence-corrected chi connectivity index (χ4v) is 2.70. The molecule has 7 heteroatoms. The van der Waals surface area contributed by atoms with Crippen LogP contribution >= 0.6 is 24.0 Å². The minimum absolute atomic E-state index is 0. The van der Waals surface area contributed by atoms with Crippen molar-refractivity contribution in [3.05, 3.63) is 70.5 Å². The Hall–Kier alpha value is -1.50. The lowest BCUT2D eigenvalue weighted by molar-refractivity contribution is -0.681. The summed E-state index contributed by atoms with van der Waals surface area (Å²) in [6, 6.07) is 12.5. The Kier molecular flexibility index (Phi) is 7.28. The molecule has 4 nitrogen and oxygen atoms in total. The Labute approximate surface area is 138 Å². The zero-order valence-electron chi connectivity index (χ0n) is 11.0. The van der Waals surface area contributed by atoms with Gasteiger partial charge >= 0.3 is 0 Å². The number of nitrogens with zero attached hydrogens (tertiary/aromatic N) is 2. The number of thiocarbonyl (C=S) groups is 1. The predicted octanol–water partition coefficient (Wildman–Crippen LogP) is 0.147. The van der Waals surface area contributed by atoms with Crippen LogP contribution in [0.5, 0.6) is 0 Å². The highest BCUT2D eigenvalue weighted by Gasteiger charge is 2.07. The molecule has 2 rings (SSSR count). The zero-order chi connectivity index (χ0) is 14.4. The van der Waals surface area contributed by atoms with Crippen molar-refractivity contribution in [1.82, 2.24) is 0 Å². The number of benzene rings is 1. The summed E-state index contributed by atoms with van der Waals surface area (Å²) in [6.07, 6.45) is 3.94. The molecule has 1 aromatic carbocycles. The van der Waals surface area contributed by atoms with Crippen molar-refractivity contribution in [2.24, 2.45) is 0 Å². The van der Waals surface area contributed by atoms with Gasteiger partial charge in [0.2, 0.25) is 0 Å². The summed E-state index contributed by atoms with van der Waals surface area (Å²) in [5.74, 6) is 0.726. The quantitative estimate of drug-likeness (QED) is 0.336. The van der Waals surface area contributed by atoms with Crippen LogP contribution in [0.4, 0.5) is 5.69 Å². The van der Waals surface area contributed by atoms with Crippen LogP contribution < -0.4 is 17.0 Å². The van der Waals surface area contributed by atoms with Gasteiger partial charge in [-0.2, -0.15) is 4.57 Å². The van der Waals surface area contributed by atoms with Crippen LogP contribution in [0.25, 0.3) is 0 Å². The van der Waals surface area contributed by atoms with E-state index >= 15 is 0 Å². The van der Waals surface area contributed by atoms with E-state index in [9.17, 15) is 10.1 Å². The van der Waals surface area contributed by atoms with Gasteiger partial charge in [0.15, 0.2) is 18.9 Å². The topological polar surface area (TPSA) is 47.0 Å². The van der Waals surface area contributed by atoms with E-state index in [1.54, 1.807) is 23.9 Å². The van der Waals surface area contributed by atoms with Crippen molar-refractivity contribution in [2.75, 3.05) is 0 Å². The molecule has 0 saturated carbocycles. The molecule has 110 valence electrons. The summed E-state index contributed by atoms with van der Waals surface area (Å²) in [5.41, 5.74) is 1.14. The molecule has 0 aliphatic rings. The second-order valence-electron chi connectivity index (χ2n) is 4.13. The normalized spacial score (nSPS) is 9.71. The number of rotatable bonds is 5. The molecule has 0 spiro atoms. The number of halogens is 1. The Morgan fingerprint density at radius 3 is 2.38 bits per heavy atom. The number of hydrogen-bond acceptors (Lipinski definition) is 4. The molecule has 0 atom stereocenters. The van der Waals surface area contributed by atoms with E-state index in [0.717, 1.165) is 15.5 Å². The lowest BCUT2D eigenvalue weighted by Crippen LogP contribution is -3.00. The van der Waals surface area contributed by atoms with Gasteiger partial charge in [-0.05, 0) is 5.56 Å². The van der Waals surface area contributed by atoms with Crippen LogP contribution in [0.3, 0.4) is 0 Å². The highest BCUT2D eigenvalue weighted by molar-refractivity contribution is 8.22. The van der Waals surface area contributed by atoms with Gasteiger partial charge in [-0.3, -0.25) is 10.1 Å². The SMILES string of the molecule is O=[N+]([O-])c1ccc(CSC(=S)C[n+]2ccccc2)cc1.[Cl-]. The highest BCUT2D eigenvalue weighted by Crippen LogP contribution is 2.17. The van der Waals surface area contributed by atoms with E-state index in [0.29, 0.717) is 6.54 Å². The molecule has 0 saturated heterocycles. The second-order valence-corrected chi connectivity index (χ2v) is 5.95. The summed E-state index contributed by atoms with van der Waals surface area (Å²) in [6.45, 7) is 0.688. The van der Waals surface area contributed by atoms with Gasteiger partial charge in [0, 0.05) is 30.0 Å². The first-order valence-electron chi connectivity index (χ1n) is 5.98. The monoisotopic (exact) mass is 340 g/mol. The molecule has 2 aromatic rings. The standard InChI is InChI=1S/C14H13N2O2S2.ClH/c17-16(18)13-6-4-12(5-7-13)11-20-14(19)10-15-8-2-1-3-9-15;/h1-9H,10-11H2;1H/q+1;/p-1. The molecular formula is C14H13ClN2O2S2. The maximum Gasteiger partial charge on any atom is 0.269 e. The Bertz CT molecular complexity index is 606. The number of aromatic nitrogens is 1. The maximum atomic E-state index is 10.6. The number of nitro benzene ring substituents is 1. The lowest BCUT2D eigenvalue weighted by atomic mass is 10.2. The summed E-state index contributed by atoms with van der Waals surface area (Å²) in [4.78, 5) is 10.2. The molecule has 0 unspecified atom stereocenters. The Morgan fingerprint density at radius 2 is 1.81 bits per heavy atom. The van der Waals surface area contributed by atoms with Gasteiger partial charge < -0.3 is 12.4 Å². The van der Waals surface area contributed by atoms with Crippen LogP contribution in [-0.4, -0.2) is 9.12 Å². The maximum absolute atomic E-state index is 10.6. The number of non-ortho nitro benzene ring substituents is 1. The molecule has 1 heterocycles. The van der Waals surface area contributed by atoms with Crippen molar-refractivity contribution in [2.45, 2.75) is 12.3 Å². The third kappa shape index (κ3) is 5.79. The van der Waals surface area contributed by atoms with Gasteiger partial charge in [-0.25, -0.2) is 0 Å². The number of pyridine rings is 1. The fourth-order valence-electron chi connectivity index (χ4n) is 1.61. The summed E-state index contributed by atoms with van der Waals surface area (Å²) < 4.78 is 2.91. The van der Waals surface area contributed by atoms with E-state index in [4.69, 9.17) is 12.2 Å². The molecule has 0 bridgehead atoms. The van der Waals surface area contributed by atoms with Gasteiger partial charge in [0.1, 0.15) is 4.20 Å². The second kappa shape index (κ2) is 8.71. The van der Waals surface area contributed by atoms with Gasteiger partial charge in [0.05, 0.1) is 4.92 Å². The molecule has 0 amide bonds. The first-order valence-corrected chi connectivity index (χ1v) is 7.37.